The Bertz CT molecular complexity index is 494. The number of likely N-dealkylation sites (tertiary alicyclic amines) is 1. The molecule has 19 heavy (non-hydrogen) atoms. The van der Waals surface area contributed by atoms with Crippen LogP contribution in [0.3, 0.4) is 0 Å². The number of carbonyl (C=O) groups is 1. The number of aliphatic hydroxyl groups is 1. The summed E-state index contributed by atoms with van der Waals surface area (Å²) in [5, 5.41) is 13.2. The van der Waals surface area contributed by atoms with Crippen LogP contribution in [-0.2, 0) is 4.79 Å². The molecular formula is C15H20N2O2. The molecule has 0 aliphatic carbocycles. The van der Waals surface area contributed by atoms with Gasteiger partial charge in [-0.05, 0) is 5.56 Å². The molecule has 1 aromatic rings. The molecule has 0 aromatic heterocycles. The average Bonchev–Trinajstić information content (AvgIpc) is 2.34. The summed E-state index contributed by atoms with van der Waals surface area (Å²) in [4.78, 5) is 14.3. The van der Waals surface area contributed by atoms with Crippen molar-refractivity contribution < 1.29 is 9.90 Å². The number of β-amino-alcohol motifs (C(OH)–C–C–N with tert-alkyl or cyclic N) is 1. The Labute approximate surface area is 113 Å². The van der Waals surface area contributed by atoms with Crippen molar-refractivity contribution in [3.8, 4) is 0 Å². The first kappa shape index (κ1) is 12.6. The van der Waals surface area contributed by atoms with E-state index in [2.05, 4.69) is 31.3 Å². The molecule has 0 saturated carbocycles. The lowest BCUT2D eigenvalue weighted by molar-refractivity contribution is -0.177. The highest BCUT2D eigenvalue weighted by Gasteiger charge is 2.55. The van der Waals surface area contributed by atoms with Gasteiger partial charge in [-0.3, -0.25) is 4.79 Å². The SMILES string of the molecule is CC1(C)CN(C(=O)C2(O)CNC2)C1c1ccccc1. The summed E-state index contributed by atoms with van der Waals surface area (Å²) in [5.41, 5.74) is 0.0108. The van der Waals surface area contributed by atoms with Crippen molar-refractivity contribution in [3.05, 3.63) is 35.9 Å². The van der Waals surface area contributed by atoms with E-state index in [4.69, 9.17) is 0 Å². The van der Waals surface area contributed by atoms with Gasteiger partial charge in [0, 0.05) is 25.0 Å². The van der Waals surface area contributed by atoms with Crippen LogP contribution in [0.1, 0.15) is 25.5 Å². The highest BCUT2D eigenvalue weighted by Crippen LogP contribution is 2.49. The van der Waals surface area contributed by atoms with Crippen molar-refractivity contribution in [1.82, 2.24) is 10.2 Å². The van der Waals surface area contributed by atoms with Crippen molar-refractivity contribution in [3.63, 3.8) is 0 Å². The van der Waals surface area contributed by atoms with Crippen LogP contribution in [0.4, 0.5) is 0 Å². The lowest BCUT2D eigenvalue weighted by Crippen LogP contribution is -2.72. The topological polar surface area (TPSA) is 52.6 Å². The van der Waals surface area contributed by atoms with Crippen LogP contribution < -0.4 is 5.32 Å². The Morgan fingerprint density at radius 2 is 1.95 bits per heavy atom. The predicted molar refractivity (Wildman–Crippen MR) is 72.5 cm³/mol. The van der Waals surface area contributed by atoms with Crippen LogP contribution in [0, 0.1) is 5.41 Å². The van der Waals surface area contributed by atoms with Crippen LogP contribution >= 0.6 is 0 Å². The summed E-state index contributed by atoms with van der Waals surface area (Å²) in [6, 6.07) is 10.1. The fraction of sp³-hybridized carbons (Fsp3) is 0.533. The molecule has 2 fully saturated rings. The Morgan fingerprint density at radius 1 is 1.32 bits per heavy atom. The molecule has 2 aliphatic heterocycles. The summed E-state index contributed by atoms with van der Waals surface area (Å²) in [6.45, 7) is 5.76. The Balaban J connectivity index is 1.86. The summed E-state index contributed by atoms with van der Waals surface area (Å²) < 4.78 is 0. The number of benzene rings is 1. The third kappa shape index (κ3) is 1.86. The molecule has 2 saturated heterocycles. The lowest BCUT2D eigenvalue weighted by Gasteiger charge is -2.57. The van der Waals surface area contributed by atoms with E-state index < -0.39 is 5.60 Å². The van der Waals surface area contributed by atoms with Crippen LogP contribution in [0.15, 0.2) is 30.3 Å². The van der Waals surface area contributed by atoms with E-state index in [1.807, 2.05) is 23.1 Å². The number of carbonyl (C=O) groups excluding carboxylic acids is 1. The van der Waals surface area contributed by atoms with E-state index in [0.29, 0.717) is 19.6 Å². The Hall–Kier alpha value is -1.39. The highest BCUT2D eigenvalue weighted by atomic mass is 16.3. The van der Waals surface area contributed by atoms with Crippen LogP contribution in [0.25, 0.3) is 0 Å². The molecule has 1 unspecified atom stereocenters. The van der Waals surface area contributed by atoms with Gasteiger partial charge in [-0.2, -0.15) is 0 Å². The summed E-state index contributed by atoms with van der Waals surface area (Å²) in [6.07, 6.45) is 0. The van der Waals surface area contributed by atoms with Crippen molar-refractivity contribution in [2.24, 2.45) is 5.41 Å². The van der Waals surface area contributed by atoms with Gasteiger partial charge >= 0.3 is 0 Å². The van der Waals surface area contributed by atoms with Crippen LogP contribution in [0.5, 0.6) is 0 Å². The molecule has 0 spiro atoms. The molecule has 2 aliphatic rings. The second-order valence-electron chi connectivity index (χ2n) is 6.37. The van der Waals surface area contributed by atoms with Gasteiger partial charge < -0.3 is 15.3 Å². The number of nitrogens with zero attached hydrogens (tertiary/aromatic N) is 1. The maximum Gasteiger partial charge on any atom is 0.257 e. The molecule has 0 radical (unpaired) electrons. The Morgan fingerprint density at radius 3 is 2.42 bits per heavy atom. The molecule has 1 aromatic carbocycles. The van der Waals surface area contributed by atoms with Gasteiger partial charge in [0.05, 0.1) is 6.04 Å². The first-order valence-electron chi connectivity index (χ1n) is 6.73. The maximum absolute atomic E-state index is 12.4. The molecule has 1 atom stereocenters. The molecule has 102 valence electrons. The summed E-state index contributed by atoms with van der Waals surface area (Å²) >= 11 is 0. The number of hydrogen-bond acceptors (Lipinski definition) is 3. The largest absolute Gasteiger partial charge is 0.377 e. The van der Waals surface area contributed by atoms with Crippen molar-refractivity contribution in [1.29, 1.82) is 0 Å². The zero-order chi connectivity index (χ0) is 13.7. The van der Waals surface area contributed by atoms with Crippen LogP contribution in [-0.4, -0.2) is 41.1 Å². The minimum atomic E-state index is -1.19. The van der Waals surface area contributed by atoms with E-state index in [1.54, 1.807) is 0 Å². The van der Waals surface area contributed by atoms with Gasteiger partial charge in [-0.25, -0.2) is 0 Å². The van der Waals surface area contributed by atoms with E-state index in [1.165, 1.54) is 0 Å². The summed E-state index contributed by atoms with van der Waals surface area (Å²) in [5.74, 6) is -0.139. The minimum Gasteiger partial charge on any atom is -0.377 e. The van der Waals surface area contributed by atoms with Gasteiger partial charge in [-0.15, -0.1) is 0 Å². The van der Waals surface area contributed by atoms with Crippen LogP contribution in [0.2, 0.25) is 0 Å². The van der Waals surface area contributed by atoms with Gasteiger partial charge in [0.2, 0.25) is 0 Å². The lowest BCUT2D eigenvalue weighted by atomic mass is 9.70. The molecule has 2 N–H and O–H groups in total. The molecular weight excluding hydrogens is 240 g/mol. The van der Waals surface area contributed by atoms with E-state index in [-0.39, 0.29) is 17.4 Å². The third-order valence-corrected chi connectivity index (χ3v) is 4.24. The van der Waals surface area contributed by atoms with Gasteiger partial charge in [-0.1, -0.05) is 44.2 Å². The highest BCUT2D eigenvalue weighted by molar-refractivity contribution is 5.88. The smallest absolute Gasteiger partial charge is 0.257 e. The van der Waals surface area contributed by atoms with Crippen molar-refractivity contribution in [2.45, 2.75) is 25.5 Å². The molecule has 3 rings (SSSR count). The van der Waals surface area contributed by atoms with Gasteiger partial charge in [0.15, 0.2) is 5.60 Å². The van der Waals surface area contributed by atoms with Crippen molar-refractivity contribution in [2.75, 3.05) is 19.6 Å². The average molecular weight is 260 g/mol. The number of nitrogens with one attached hydrogen (secondary N) is 1. The zero-order valence-corrected chi connectivity index (χ0v) is 11.4. The Kier molecular flexibility index (Phi) is 2.69. The van der Waals surface area contributed by atoms with Crippen molar-refractivity contribution >= 4 is 5.91 Å². The predicted octanol–water partition coefficient (Wildman–Crippen LogP) is 0.930. The maximum atomic E-state index is 12.4. The molecule has 4 nitrogen and oxygen atoms in total. The van der Waals surface area contributed by atoms with Gasteiger partial charge in [0.1, 0.15) is 0 Å². The third-order valence-electron chi connectivity index (χ3n) is 4.24. The quantitative estimate of drug-likeness (QED) is 0.832. The molecule has 4 heteroatoms. The molecule has 0 bridgehead atoms. The molecule has 2 heterocycles. The van der Waals surface area contributed by atoms with Gasteiger partial charge in [0.25, 0.3) is 5.91 Å². The fourth-order valence-electron chi connectivity index (χ4n) is 3.16. The first-order valence-corrected chi connectivity index (χ1v) is 6.73. The first-order chi connectivity index (χ1) is 8.94. The number of hydrogen-bond donors (Lipinski definition) is 2. The van der Waals surface area contributed by atoms with E-state index in [9.17, 15) is 9.90 Å². The van der Waals surface area contributed by atoms with E-state index >= 15 is 0 Å². The second kappa shape index (κ2) is 4.05. The monoisotopic (exact) mass is 260 g/mol. The second-order valence-corrected chi connectivity index (χ2v) is 6.37. The zero-order valence-electron chi connectivity index (χ0n) is 11.4. The molecule has 1 amide bonds. The fourth-order valence-corrected chi connectivity index (χ4v) is 3.16. The minimum absolute atomic E-state index is 0.0601. The van der Waals surface area contributed by atoms with E-state index in [0.717, 1.165) is 5.56 Å². The standard InChI is InChI=1S/C15H20N2O2/c1-14(2)10-17(13(18)15(19)8-16-9-15)12(14)11-6-4-3-5-7-11/h3-7,12,16,19H,8-10H2,1-2H3. The number of amides is 1. The normalized spacial score (nSPS) is 27.3. The summed E-state index contributed by atoms with van der Waals surface area (Å²) in [7, 11) is 0. The number of rotatable bonds is 2.